The van der Waals surface area contributed by atoms with Crippen molar-refractivity contribution in [2.45, 2.75) is 25.8 Å². The first-order valence-corrected chi connectivity index (χ1v) is 8.96. The summed E-state index contributed by atoms with van der Waals surface area (Å²) >= 11 is 0. The molecule has 1 aromatic carbocycles. The van der Waals surface area contributed by atoms with Crippen LogP contribution in [0.3, 0.4) is 0 Å². The van der Waals surface area contributed by atoms with Crippen LogP contribution in [0.15, 0.2) is 34.9 Å². The Hall–Kier alpha value is -2.67. The van der Waals surface area contributed by atoms with Crippen molar-refractivity contribution < 1.29 is 14.0 Å². The monoisotopic (exact) mass is 354 g/mol. The Morgan fingerprint density at radius 1 is 1.23 bits per heavy atom. The van der Waals surface area contributed by atoms with Crippen LogP contribution in [0.2, 0.25) is 0 Å². The summed E-state index contributed by atoms with van der Waals surface area (Å²) in [4.78, 5) is 30.4. The fourth-order valence-electron chi connectivity index (χ4n) is 3.86. The third-order valence-electron chi connectivity index (χ3n) is 5.18. The number of carbonyl (C=O) groups is 2. The summed E-state index contributed by atoms with van der Waals surface area (Å²) in [5, 5.41) is 5.83. The zero-order chi connectivity index (χ0) is 18.1. The standard InChI is InChI=1S/C19H22N4O3/c1-12(24)21-15-5-3-2-4-14(15)17-10-20-19(26-17)18(25)22-16-11-23-8-6-13(16)7-9-23/h2-5,10,13,16H,6-9,11H2,1H3,(H,21,24)(H,22,25). The van der Waals surface area contributed by atoms with Crippen LogP contribution < -0.4 is 10.6 Å². The number of hydrogen-bond donors (Lipinski definition) is 2. The number of fused-ring (bicyclic) bond motifs is 3. The van der Waals surface area contributed by atoms with Gasteiger partial charge in [0.1, 0.15) is 0 Å². The van der Waals surface area contributed by atoms with Gasteiger partial charge in [-0.05, 0) is 44.0 Å². The molecular formula is C19H22N4O3. The first kappa shape index (κ1) is 16.8. The van der Waals surface area contributed by atoms with Gasteiger partial charge in [-0.15, -0.1) is 0 Å². The maximum absolute atomic E-state index is 12.5. The third-order valence-corrected chi connectivity index (χ3v) is 5.18. The molecule has 0 spiro atoms. The molecule has 5 rings (SSSR count). The van der Waals surface area contributed by atoms with Crippen LogP contribution in [0.25, 0.3) is 11.3 Å². The second-order valence-electron chi connectivity index (χ2n) is 6.97. The van der Waals surface area contributed by atoms with Gasteiger partial charge in [-0.25, -0.2) is 4.98 Å². The number of rotatable bonds is 4. The van der Waals surface area contributed by atoms with Crippen LogP contribution in [0.5, 0.6) is 0 Å². The highest BCUT2D eigenvalue weighted by molar-refractivity contribution is 5.94. The molecule has 3 saturated heterocycles. The summed E-state index contributed by atoms with van der Waals surface area (Å²) in [6, 6.07) is 7.43. The molecule has 0 aliphatic carbocycles. The van der Waals surface area contributed by atoms with Crippen LogP contribution in [-0.2, 0) is 4.79 Å². The fourth-order valence-corrected chi connectivity index (χ4v) is 3.86. The van der Waals surface area contributed by atoms with Crippen molar-refractivity contribution in [1.82, 2.24) is 15.2 Å². The second kappa shape index (κ2) is 6.92. The summed E-state index contributed by atoms with van der Waals surface area (Å²) in [6.45, 7) is 4.60. The number of hydrogen-bond acceptors (Lipinski definition) is 5. The van der Waals surface area contributed by atoms with Gasteiger partial charge in [0.25, 0.3) is 5.89 Å². The molecule has 0 saturated carbocycles. The van der Waals surface area contributed by atoms with Crippen LogP contribution >= 0.6 is 0 Å². The Morgan fingerprint density at radius 2 is 2.00 bits per heavy atom. The molecule has 3 aliphatic rings. The highest BCUT2D eigenvalue weighted by Crippen LogP contribution is 2.30. The Balaban J connectivity index is 1.50. The molecule has 7 heteroatoms. The van der Waals surface area contributed by atoms with E-state index in [-0.39, 0.29) is 23.7 Å². The number of oxazole rings is 1. The highest BCUT2D eigenvalue weighted by Gasteiger charge is 2.35. The van der Waals surface area contributed by atoms with E-state index in [1.54, 1.807) is 6.07 Å². The highest BCUT2D eigenvalue weighted by atomic mass is 16.4. The molecule has 2 bridgehead atoms. The average molecular weight is 354 g/mol. The van der Waals surface area contributed by atoms with E-state index in [9.17, 15) is 9.59 Å². The molecule has 7 nitrogen and oxygen atoms in total. The van der Waals surface area contributed by atoms with Gasteiger partial charge in [-0.2, -0.15) is 0 Å². The van der Waals surface area contributed by atoms with Crippen molar-refractivity contribution in [2.75, 3.05) is 25.0 Å². The van der Waals surface area contributed by atoms with E-state index in [0.717, 1.165) is 32.5 Å². The number of aromatic nitrogens is 1. The quantitative estimate of drug-likeness (QED) is 0.878. The van der Waals surface area contributed by atoms with Crippen molar-refractivity contribution in [3.63, 3.8) is 0 Å². The molecule has 0 radical (unpaired) electrons. The predicted octanol–water partition coefficient (Wildman–Crippen LogP) is 2.12. The van der Waals surface area contributed by atoms with Gasteiger partial charge in [-0.1, -0.05) is 12.1 Å². The van der Waals surface area contributed by atoms with Gasteiger partial charge in [0.05, 0.1) is 11.9 Å². The zero-order valence-electron chi connectivity index (χ0n) is 14.7. The Kier molecular flexibility index (Phi) is 4.46. The SMILES string of the molecule is CC(=O)Nc1ccccc1-c1cnc(C(=O)NC2CN3CCC2CC3)o1. The molecule has 3 aliphatic heterocycles. The lowest BCUT2D eigenvalue weighted by Crippen LogP contribution is -2.57. The number of anilines is 1. The topological polar surface area (TPSA) is 87.5 Å². The molecule has 1 unspecified atom stereocenters. The molecule has 136 valence electrons. The first-order chi connectivity index (χ1) is 12.6. The minimum atomic E-state index is -0.285. The maximum Gasteiger partial charge on any atom is 0.307 e. The summed E-state index contributed by atoms with van der Waals surface area (Å²) < 4.78 is 5.69. The zero-order valence-corrected chi connectivity index (χ0v) is 14.7. The molecule has 4 heterocycles. The summed E-state index contributed by atoms with van der Waals surface area (Å²) in [5.41, 5.74) is 1.32. The third kappa shape index (κ3) is 3.35. The summed E-state index contributed by atoms with van der Waals surface area (Å²) in [6.07, 6.45) is 3.78. The lowest BCUT2D eigenvalue weighted by atomic mass is 9.84. The Bertz CT molecular complexity index is 824. The Morgan fingerprint density at radius 3 is 2.69 bits per heavy atom. The number of nitrogens with one attached hydrogen (secondary N) is 2. The largest absolute Gasteiger partial charge is 0.432 e. The number of para-hydroxylation sites is 1. The fraction of sp³-hybridized carbons (Fsp3) is 0.421. The number of nitrogens with zero attached hydrogens (tertiary/aromatic N) is 2. The van der Waals surface area contributed by atoms with Gasteiger partial charge in [0.15, 0.2) is 5.76 Å². The molecule has 2 aromatic rings. The van der Waals surface area contributed by atoms with Gasteiger partial charge in [-0.3, -0.25) is 9.59 Å². The van der Waals surface area contributed by atoms with Crippen LogP contribution in [0.4, 0.5) is 5.69 Å². The molecule has 2 N–H and O–H groups in total. The maximum atomic E-state index is 12.5. The Labute approximate surface area is 151 Å². The normalized spacial score (nSPS) is 24.3. The number of carbonyl (C=O) groups excluding carboxylic acids is 2. The lowest BCUT2D eigenvalue weighted by molar-refractivity contribution is -0.114. The van der Waals surface area contributed by atoms with Gasteiger partial charge < -0.3 is 20.0 Å². The van der Waals surface area contributed by atoms with Crippen LogP contribution in [0, 0.1) is 5.92 Å². The minimum absolute atomic E-state index is 0.0501. The average Bonchev–Trinajstić information content (AvgIpc) is 3.13. The summed E-state index contributed by atoms with van der Waals surface area (Å²) in [7, 11) is 0. The molecule has 26 heavy (non-hydrogen) atoms. The summed E-state index contributed by atoms with van der Waals surface area (Å²) in [5.74, 6) is 0.589. The van der Waals surface area contributed by atoms with E-state index in [1.165, 1.54) is 13.1 Å². The van der Waals surface area contributed by atoms with E-state index in [2.05, 4.69) is 20.5 Å². The van der Waals surface area contributed by atoms with Crippen LogP contribution in [0.1, 0.15) is 30.5 Å². The lowest BCUT2D eigenvalue weighted by Gasteiger charge is -2.44. The van der Waals surface area contributed by atoms with Crippen LogP contribution in [-0.4, -0.2) is 47.4 Å². The molecular weight excluding hydrogens is 332 g/mol. The van der Waals surface area contributed by atoms with E-state index >= 15 is 0 Å². The van der Waals surface area contributed by atoms with Gasteiger partial charge in [0, 0.05) is 25.1 Å². The van der Waals surface area contributed by atoms with Crippen molar-refractivity contribution in [1.29, 1.82) is 0 Å². The minimum Gasteiger partial charge on any atom is -0.432 e. The molecule has 3 fully saturated rings. The van der Waals surface area contributed by atoms with Crippen molar-refractivity contribution in [3.8, 4) is 11.3 Å². The van der Waals surface area contributed by atoms with Gasteiger partial charge >= 0.3 is 5.91 Å². The molecule has 1 atom stereocenters. The second-order valence-corrected chi connectivity index (χ2v) is 6.97. The van der Waals surface area contributed by atoms with E-state index in [1.807, 2.05) is 18.2 Å². The van der Waals surface area contributed by atoms with Crippen molar-refractivity contribution >= 4 is 17.5 Å². The smallest absolute Gasteiger partial charge is 0.307 e. The number of piperidine rings is 3. The van der Waals surface area contributed by atoms with E-state index in [4.69, 9.17) is 4.42 Å². The number of benzene rings is 1. The van der Waals surface area contributed by atoms with Gasteiger partial charge in [0.2, 0.25) is 5.91 Å². The number of amides is 2. The van der Waals surface area contributed by atoms with Crippen molar-refractivity contribution in [3.05, 3.63) is 36.4 Å². The van der Waals surface area contributed by atoms with E-state index in [0.29, 0.717) is 22.9 Å². The van der Waals surface area contributed by atoms with Crippen molar-refractivity contribution in [2.24, 2.45) is 5.92 Å². The predicted molar refractivity (Wildman–Crippen MR) is 96.7 cm³/mol. The van der Waals surface area contributed by atoms with E-state index < -0.39 is 0 Å². The molecule has 2 amide bonds. The molecule has 1 aromatic heterocycles. The first-order valence-electron chi connectivity index (χ1n) is 8.96.